The highest BCUT2D eigenvalue weighted by Crippen LogP contribution is 2.25. The van der Waals surface area contributed by atoms with Crippen molar-refractivity contribution in [3.8, 4) is 5.75 Å². The van der Waals surface area contributed by atoms with E-state index in [-0.39, 0.29) is 18.3 Å². The van der Waals surface area contributed by atoms with Crippen molar-refractivity contribution in [1.29, 1.82) is 0 Å². The molecule has 0 spiro atoms. The highest BCUT2D eigenvalue weighted by Gasteiger charge is 2.18. The number of amides is 1. The van der Waals surface area contributed by atoms with E-state index >= 15 is 0 Å². The maximum atomic E-state index is 13.6. The van der Waals surface area contributed by atoms with Gasteiger partial charge in [0.1, 0.15) is 0 Å². The fraction of sp³-hybridized carbons (Fsp3) is 0.417. The third kappa shape index (κ3) is 3.71. The van der Waals surface area contributed by atoms with Crippen LogP contribution in [-0.4, -0.2) is 24.7 Å². The smallest absolute Gasteiger partial charge is 0.257 e. The van der Waals surface area contributed by atoms with Crippen LogP contribution in [0.25, 0.3) is 0 Å². The van der Waals surface area contributed by atoms with Gasteiger partial charge >= 0.3 is 0 Å². The van der Waals surface area contributed by atoms with Crippen molar-refractivity contribution in [3.05, 3.63) is 29.6 Å². The number of carbonyl (C=O) groups excluding carboxylic acids is 1. The van der Waals surface area contributed by atoms with Gasteiger partial charge in [0, 0.05) is 7.05 Å². The lowest BCUT2D eigenvalue weighted by atomic mass is 9.98. The summed E-state index contributed by atoms with van der Waals surface area (Å²) in [4.78, 5) is 10.9. The van der Waals surface area contributed by atoms with Crippen LogP contribution in [-0.2, 0) is 10.4 Å². The van der Waals surface area contributed by atoms with Crippen molar-refractivity contribution >= 4 is 5.91 Å². The van der Waals surface area contributed by atoms with Crippen LogP contribution in [0.3, 0.4) is 0 Å². The molecule has 0 aliphatic heterocycles. The van der Waals surface area contributed by atoms with E-state index in [1.54, 1.807) is 19.9 Å². The molecule has 0 unspecified atom stereocenters. The first-order valence-electron chi connectivity index (χ1n) is 5.20. The number of nitrogens with one attached hydrogen (secondary N) is 1. The summed E-state index contributed by atoms with van der Waals surface area (Å²) in [6, 6.07) is 4.15. The monoisotopic (exact) mass is 241 g/mol. The van der Waals surface area contributed by atoms with Crippen LogP contribution in [0.2, 0.25) is 0 Å². The number of aliphatic hydroxyl groups is 1. The predicted octanol–water partition coefficient (Wildman–Crippen LogP) is 1.18. The third-order valence-electron chi connectivity index (χ3n) is 2.28. The minimum atomic E-state index is -1.11. The van der Waals surface area contributed by atoms with E-state index in [1.807, 2.05) is 0 Å². The molecule has 0 aliphatic carbocycles. The van der Waals surface area contributed by atoms with Gasteiger partial charge in [0.2, 0.25) is 0 Å². The van der Waals surface area contributed by atoms with Gasteiger partial charge in [0.25, 0.3) is 5.91 Å². The van der Waals surface area contributed by atoms with E-state index in [1.165, 1.54) is 19.2 Å². The lowest BCUT2D eigenvalue weighted by Gasteiger charge is -2.18. The van der Waals surface area contributed by atoms with Crippen molar-refractivity contribution in [1.82, 2.24) is 5.32 Å². The van der Waals surface area contributed by atoms with E-state index in [0.29, 0.717) is 5.56 Å². The van der Waals surface area contributed by atoms with Gasteiger partial charge in [-0.2, -0.15) is 0 Å². The third-order valence-corrected chi connectivity index (χ3v) is 2.28. The van der Waals surface area contributed by atoms with Crippen molar-refractivity contribution in [2.24, 2.45) is 0 Å². The number of halogens is 1. The van der Waals surface area contributed by atoms with Crippen LogP contribution in [0.1, 0.15) is 19.4 Å². The van der Waals surface area contributed by atoms with Gasteiger partial charge < -0.3 is 15.2 Å². The van der Waals surface area contributed by atoms with Gasteiger partial charge in [-0.15, -0.1) is 0 Å². The molecule has 0 bridgehead atoms. The summed E-state index contributed by atoms with van der Waals surface area (Å²) >= 11 is 0. The molecular formula is C12H16FNO3. The molecule has 0 saturated carbocycles. The first kappa shape index (κ1) is 13.4. The second-order valence-electron chi connectivity index (χ2n) is 4.17. The Morgan fingerprint density at radius 2 is 2.18 bits per heavy atom. The van der Waals surface area contributed by atoms with Crippen molar-refractivity contribution in [2.75, 3.05) is 13.7 Å². The molecule has 1 aromatic carbocycles. The maximum Gasteiger partial charge on any atom is 0.257 e. The van der Waals surface area contributed by atoms with Crippen LogP contribution >= 0.6 is 0 Å². The van der Waals surface area contributed by atoms with Crippen LogP contribution in [0.5, 0.6) is 5.75 Å². The molecule has 5 heteroatoms. The summed E-state index contributed by atoms with van der Waals surface area (Å²) in [6.07, 6.45) is 0. The lowest BCUT2D eigenvalue weighted by molar-refractivity contribution is -0.122. The molecule has 1 rings (SSSR count). The van der Waals surface area contributed by atoms with Gasteiger partial charge in [-0.3, -0.25) is 4.79 Å². The molecule has 0 aromatic heterocycles. The first-order valence-corrected chi connectivity index (χ1v) is 5.20. The number of likely N-dealkylation sites (N-methyl/N-ethyl adjacent to an activating group) is 1. The minimum Gasteiger partial charge on any atom is -0.481 e. The fourth-order valence-electron chi connectivity index (χ4n) is 1.21. The van der Waals surface area contributed by atoms with Gasteiger partial charge in [-0.05, 0) is 31.5 Å². The molecule has 4 nitrogen and oxygen atoms in total. The van der Waals surface area contributed by atoms with E-state index in [4.69, 9.17) is 4.74 Å². The zero-order chi connectivity index (χ0) is 13.1. The second kappa shape index (κ2) is 5.14. The molecule has 0 aliphatic rings. The Hall–Kier alpha value is -1.62. The summed E-state index contributed by atoms with van der Waals surface area (Å²) in [5.41, 5.74) is -0.664. The SMILES string of the molecule is CNC(=O)COc1ccc(C(C)(C)O)cc1F. The Labute approximate surface area is 99.4 Å². The number of hydrogen-bond donors (Lipinski definition) is 2. The van der Waals surface area contributed by atoms with Crippen LogP contribution in [0.4, 0.5) is 4.39 Å². The predicted molar refractivity (Wildman–Crippen MR) is 61.2 cm³/mol. The summed E-state index contributed by atoms with van der Waals surface area (Å²) in [7, 11) is 1.47. The molecule has 1 aromatic rings. The van der Waals surface area contributed by atoms with Crippen LogP contribution < -0.4 is 10.1 Å². The summed E-state index contributed by atoms with van der Waals surface area (Å²) in [5, 5.41) is 12.1. The van der Waals surface area contributed by atoms with E-state index in [2.05, 4.69) is 5.32 Å². The average Bonchev–Trinajstić information content (AvgIpc) is 2.25. The van der Waals surface area contributed by atoms with Gasteiger partial charge in [0.05, 0.1) is 5.60 Å². The largest absolute Gasteiger partial charge is 0.481 e. The summed E-state index contributed by atoms with van der Waals surface area (Å²) in [5.74, 6) is -0.953. The quantitative estimate of drug-likeness (QED) is 0.832. The minimum absolute atomic E-state index is 0.0124. The average molecular weight is 241 g/mol. The van der Waals surface area contributed by atoms with Gasteiger partial charge in [0.15, 0.2) is 18.2 Å². The van der Waals surface area contributed by atoms with Crippen LogP contribution in [0, 0.1) is 5.82 Å². The molecule has 1 amide bonds. The zero-order valence-corrected chi connectivity index (χ0v) is 10.1. The maximum absolute atomic E-state index is 13.6. The Morgan fingerprint density at radius 1 is 1.53 bits per heavy atom. The number of rotatable bonds is 4. The summed E-state index contributed by atoms with van der Waals surface area (Å²) < 4.78 is 18.6. The number of hydrogen-bond acceptors (Lipinski definition) is 3. The van der Waals surface area contributed by atoms with E-state index < -0.39 is 11.4 Å². The molecule has 17 heavy (non-hydrogen) atoms. The highest BCUT2D eigenvalue weighted by atomic mass is 19.1. The van der Waals surface area contributed by atoms with Gasteiger partial charge in [-0.25, -0.2) is 4.39 Å². The van der Waals surface area contributed by atoms with Crippen molar-refractivity contribution in [2.45, 2.75) is 19.4 Å². The normalized spacial score (nSPS) is 11.1. The lowest BCUT2D eigenvalue weighted by Crippen LogP contribution is -2.25. The van der Waals surface area contributed by atoms with E-state index in [9.17, 15) is 14.3 Å². The molecule has 2 N–H and O–H groups in total. The van der Waals surface area contributed by atoms with Crippen molar-refractivity contribution in [3.63, 3.8) is 0 Å². The van der Waals surface area contributed by atoms with Crippen molar-refractivity contribution < 1.29 is 19.0 Å². The topological polar surface area (TPSA) is 58.6 Å². The number of benzene rings is 1. The van der Waals surface area contributed by atoms with Crippen LogP contribution in [0.15, 0.2) is 18.2 Å². The number of ether oxygens (including phenoxy) is 1. The van der Waals surface area contributed by atoms with E-state index in [0.717, 1.165) is 0 Å². The van der Waals surface area contributed by atoms with Gasteiger partial charge in [-0.1, -0.05) is 6.07 Å². The highest BCUT2D eigenvalue weighted by molar-refractivity contribution is 5.77. The molecule has 0 radical (unpaired) electrons. The Balaban J connectivity index is 2.80. The molecule has 0 atom stereocenters. The number of carbonyl (C=O) groups is 1. The Kier molecular flexibility index (Phi) is 4.07. The molecule has 0 saturated heterocycles. The standard InChI is InChI=1S/C12H16FNO3/c1-12(2,16)8-4-5-10(9(13)6-8)17-7-11(15)14-3/h4-6,16H,7H2,1-3H3,(H,14,15). The Morgan fingerprint density at radius 3 is 2.65 bits per heavy atom. The molecule has 0 heterocycles. The molecule has 94 valence electrons. The summed E-state index contributed by atoms with van der Waals surface area (Å²) in [6.45, 7) is 2.88. The fourth-order valence-corrected chi connectivity index (χ4v) is 1.21. The molecular weight excluding hydrogens is 225 g/mol. The first-order chi connectivity index (χ1) is 7.84. The molecule has 0 fully saturated rings. The Bertz CT molecular complexity index is 413. The second-order valence-corrected chi connectivity index (χ2v) is 4.17. The zero-order valence-electron chi connectivity index (χ0n) is 10.1.